The predicted octanol–water partition coefficient (Wildman–Crippen LogP) is 5.57. The predicted molar refractivity (Wildman–Crippen MR) is 154 cm³/mol. The van der Waals surface area contributed by atoms with Gasteiger partial charge in [-0.3, -0.25) is 19.3 Å². The van der Waals surface area contributed by atoms with E-state index in [0.29, 0.717) is 5.56 Å². The molecule has 1 aliphatic rings. The van der Waals surface area contributed by atoms with Crippen LogP contribution in [0.25, 0.3) is 0 Å². The van der Waals surface area contributed by atoms with Gasteiger partial charge < -0.3 is 11.1 Å². The third kappa shape index (κ3) is 7.48. The van der Waals surface area contributed by atoms with E-state index in [4.69, 9.17) is 5.73 Å². The Morgan fingerprint density at radius 1 is 0.818 bits per heavy atom. The molecule has 0 spiro atoms. The third-order valence-corrected chi connectivity index (χ3v) is 7.64. The van der Waals surface area contributed by atoms with Crippen LogP contribution in [-0.2, 0) is 23.6 Å². The SMILES string of the molecule is Cc1ccc(CC2NCC(C(=O)c3ccccc3C(F)(F)F)N(CC(N)=O)C2C(=O)c2ccccc2C(F)(F)F)cc1C.Cl. The third-order valence-electron chi connectivity index (χ3n) is 7.64. The Balaban J connectivity index is 0.00000529. The van der Waals surface area contributed by atoms with Gasteiger partial charge in [-0.05, 0) is 49.1 Å². The molecule has 1 fully saturated rings. The van der Waals surface area contributed by atoms with Gasteiger partial charge in [-0.1, -0.05) is 54.6 Å². The minimum Gasteiger partial charge on any atom is -0.369 e. The van der Waals surface area contributed by atoms with Gasteiger partial charge in [-0.15, -0.1) is 12.4 Å². The molecule has 1 heterocycles. The molecule has 0 saturated carbocycles. The average molecular weight is 642 g/mol. The minimum atomic E-state index is -4.91. The van der Waals surface area contributed by atoms with Crippen LogP contribution in [0, 0.1) is 13.8 Å². The van der Waals surface area contributed by atoms with Crippen LogP contribution in [0.5, 0.6) is 0 Å². The summed E-state index contributed by atoms with van der Waals surface area (Å²) in [4.78, 5) is 41.1. The Morgan fingerprint density at radius 3 is 1.84 bits per heavy atom. The number of alkyl halides is 6. The molecular formula is C31H30ClF6N3O3. The number of nitrogens with zero attached hydrogens (tertiary/aromatic N) is 1. The summed E-state index contributed by atoms with van der Waals surface area (Å²) >= 11 is 0. The van der Waals surface area contributed by atoms with Gasteiger partial charge in [0, 0.05) is 23.7 Å². The van der Waals surface area contributed by atoms with Crippen LogP contribution < -0.4 is 11.1 Å². The van der Waals surface area contributed by atoms with E-state index >= 15 is 0 Å². The molecule has 1 amide bonds. The topological polar surface area (TPSA) is 92.5 Å². The minimum absolute atomic E-state index is 0. The summed E-state index contributed by atoms with van der Waals surface area (Å²) in [6, 6.07) is 9.58. The number of rotatable bonds is 8. The number of nitrogens with one attached hydrogen (secondary N) is 1. The van der Waals surface area contributed by atoms with Crippen molar-refractivity contribution in [1.82, 2.24) is 10.2 Å². The number of carbonyl (C=O) groups is 3. The molecule has 3 unspecified atom stereocenters. The first-order valence-corrected chi connectivity index (χ1v) is 13.3. The number of benzene rings is 3. The second-order valence-corrected chi connectivity index (χ2v) is 10.6. The molecule has 1 saturated heterocycles. The van der Waals surface area contributed by atoms with E-state index in [-0.39, 0.29) is 25.4 Å². The van der Waals surface area contributed by atoms with Crippen LogP contribution in [-0.4, -0.2) is 53.6 Å². The highest BCUT2D eigenvalue weighted by atomic mass is 35.5. The van der Waals surface area contributed by atoms with Crippen molar-refractivity contribution in [3.63, 3.8) is 0 Å². The zero-order chi connectivity index (χ0) is 31.7. The molecule has 3 aromatic rings. The lowest BCUT2D eigenvalue weighted by atomic mass is 9.84. The van der Waals surface area contributed by atoms with Crippen molar-refractivity contribution in [3.05, 3.63) is 106 Å². The first-order chi connectivity index (χ1) is 20.1. The quantitative estimate of drug-likeness (QED) is 0.248. The van der Waals surface area contributed by atoms with E-state index in [1.807, 2.05) is 26.0 Å². The van der Waals surface area contributed by atoms with E-state index in [1.54, 1.807) is 6.07 Å². The molecule has 236 valence electrons. The summed E-state index contributed by atoms with van der Waals surface area (Å²) in [7, 11) is 0. The second kappa shape index (κ2) is 13.5. The fraction of sp³-hybridized carbons (Fsp3) is 0.323. The molecule has 0 radical (unpaired) electrons. The van der Waals surface area contributed by atoms with Crippen molar-refractivity contribution in [3.8, 4) is 0 Å². The molecule has 4 rings (SSSR count). The molecule has 3 aromatic carbocycles. The van der Waals surface area contributed by atoms with Crippen LogP contribution in [0.1, 0.15) is 48.5 Å². The summed E-state index contributed by atoms with van der Waals surface area (Å²) in [6.45, 7) is 2.70. The molecule has 0 aromatic heterocycles. The first kappa shape index (κ1) is 34.7. The highest BCUT2D eigenvalue weighted by molar-refractivity contribution is 6.05. The Labute approximate surface area is 256 Å². The zero-order valence-corrected chi connectivity index (χ0v) is 24.4. The summed E-state index contributed by atoms with van der Waals surface area (Å²) in [5, 5.41) is 3.02. The van der Waals surface area contributed by atoms with Crippen LogP contribution in [0.15, 0.2) is 66.7 Å². The van der Waals surface area contributed by atoms with Crippen LogP contribution >= 0.6 is 12.4 Å². The second-order valence-electron chi connectivity index (χ2n) is 10.6. The lowest BCUT2D eigenvalue weighted by Crippen LogP contribution is -2.68. The molecule has 0 bridgehead atoms. The summed E-state index contributed by atoms with van der Waals surface area (Å²) in [5.74, 6) is -3.14. The summed E-state index contributed by atoms with van der Waals surface area (Å²) in [5.41, 5.74) is 4.24. The number of hydrogen-bond acceptors (Lipinski definition) is 5. The van der Waals surface area contributed by atoms with E-state index in [0.717, 1.165) is 52.4 Å². The Bertz CT molecular complexity index is 1540. The Kier molecular flexibility index (Phi) is 10.7. The van der Waals surface area contributed by atoms with Crippen LogP contribution in [0.2, 0.25) is 0 Å². The van der Waals surface area contributed by atoms with Crippen LogP contribution in [0.4, 0.5) is 26.3 Å². The molecule has 44 heavy (non-hydrogen) atoms. The van der Waals surface area contributed by atoms with E-state index in [1.165, 1.54) is 12.1 Å². The van der Waals surface area contributed by atoms with Gasteiger partial charge in [0.15, 0.2) is 11.6 Å². The number of nitrogens with two attached hydrogens (primary N) is 1. The Hall–Kier alpha value is -3.74. The number of ketones is 2. The number of hydrogen-bond donors (Lipinski definition) is 2. The first-order valence-electron chi connectivity index (χ1n) is 13.3. The van der Waals surface area contributed by atoms with E-state index in [9.17, 15) is 40.7 Å². The molecule has 1 aliphatic heterocycles. The van der Waals surface area contributed by atoms with Gasteiger partial charge in [0.25, 0.3) is 0 Å². The van der Waals surface area contributed by atoms with Crippen molar-refractivity contribution < 1.29 is 40.7 Å². The maximum absolute atomic E-state index is 14.1. The fourth-order valence-corrected chi connectivity index (χ4v) is 5.48. The van der Waals surface area contributed by atoms with E-state index in [2.05, 4.69) is 5.32 Å². The number of halogens is 7. The number of amides is 1. The van der Waals surface area contributed by atoms with Crippen LogP contribution in [0.3, 0.4) is 0 Å². The van der Waals surface area contributed by atoms with Crippen molar-refractivity contribution in [2.75, 3.05) is 13.1 Å². The van der Waals surface area contributed by atoms with Crippen molar-refractivity contribution in [2.24, 2.45) is 5.73 Å². The highest BCUT2D eigenvalue weighted by Gasteiger charge is 2.48. The van der Waals surface area contributed by atoms with Gasteiger partial charge in [0.2, 0.25) is 5.91 Å². The van der Waals surface area contributed by atoms with Crippen molar-refractivity contribution >= 4 is 29.9 Å². The lowest BCUT2D eigenvalue weighted by molar-refractivity contribution is -0.138. The molecule has 6 nitrogen and oxygen atoms in total. The Morgan fingerprint density at radius 2 is 1.34 bits per heavy atom. The number of carbonyl (C=O) groups excluding carboxylic acids is 3. The number of piperazine rings is 1. The van der Waals surface area contributed by atoms with Gasteiger partial charge >= 0.3 is 12.4 Å². The molecule has 3 N–H and O–H groups in total. The van der Waals surface area contributed by atoms with Gasteiger partial charge in [0.1, 0.15) is 0 Å². The van der Waals surface area contributed by atoms with Gasteiger partial charge in [-0.2, -0.15) is 26.3 Å². The van der Waals surface area contributed by atoms with Crippen molar-refractivity contribution in [2.45, 2.75) is 50.7 Å². The molecule has 13 heteroatoms. The maximum Gasteiger partial charge on any atom is 0.417 e. The maximum atomic E-state index is 14.1. The smallest absolute Gasteiger partial charge is 0.369 e. The molecule has 3 atom stereocenters. The normalized spacial score (nSPS) is 19.2. The number of primary amides is 1. The molecular weight excluding hydrogens is 612 g/mol. The standard InChI is InChI=1S/C31H29F6N3O3.ClH/c1-17-11-12-19(13-18(17)2)14-24-27(29(43)21-8-4-6-10-23(21)31(35,36)37)40(16-26(38)41)25(15-39-24)28(42)20-7-3-5-9-22(20)30(32,33)34;/h3-13,24-25,27,39H,14-16H2,1-2H3,(H2,38,41);1H. The summed E-state index contributed by atoms with van der Waals surface area (Å²) in [6.07, 6.45) is -9.70. The highest BCUT2D eigenvalue weighted by Crippen LogP contribution is 2.36. The molecule has 0 aliphatic carbocycles. The van der Waals surface area contributed by atoms with Gasteiger partial charge in [-0.25, -0.2) is 0 Å². The van der Waals surface area contributed by atoms with Crippen molar-refractivity contribution in [1.29, 1.82) is 0 Å². The number of aryl methyl sites for hydroxylation is 2. The van der Waals surface area contributed by atoms with Gasteiger partial charge in [0.05, 0.1) is 29.8 Å². The zero-order valence-electron chi connectivity index (χ0n) is 23.6. The fourth-order valence-electron chi connectivity index (χ4n) is 5.48. The average Bonchev–Trinajstić information content (AvgIpc) is 2.93. The monoisotopic (exact) mass is 641 g/mol. The van der Waals surface area contributed by atoms with E-state index < -0.39 is 76.8 Å². The largest absolute Gasteiger partial charge is 0.417 e. The number of Topliss-reactive ketones (excluding diaryl/α,β-unsaturated/α-hetero) is 2. The lowest BCUT2D eigenvalue weighted by Gasteiger charge is -2.45. The summed E-state index contributed by atoms with van der Waals surface area (Å²) < 4.78 is 83.4.